The van der Waals surface area contributed by atoms with Crippen LogP contribution < -0.4 is 0 Å². The molecular weight excluding hydrogens is 386 g/mol. The molecule has 0 spiro atoms. The summed E-state index contributed by atoms with van der Waals surface area (Å²) in [5, 5.41) is 0. The molecule has 0 aromatic rings. The fraction of sp³-hybridized carbons (Fsp3) is 0.957. The van der Waals surface area contributed by atoms with Gasteiger partial charge in [0.1, 0.15) is 4.32 Å². The number of hydrogen-bond donors (Lipinski definition) is 0. The molecule has 162 valence electrons. The SMILES string of the molecule is CCCCCCSSC(=S)N(CC(CC)CCCC)CC(CC)CCCC. The lowest BCUT2D eigenvalue weighted by Gasteiger charge is -2.32. The lowest BCUT2D eigenvalue weighted by atomic mass is 9.96. The van der Waals surface area contributed by atoms with E-state index in [1.165, 1.54) is 95.9 Å². The van der Waals surface area contributed by atoms with Gasteiger partial charge < -0.3 is 4.90 Å². The summed E-state index contributed by atoms with van der Waals surface area (Å²) in [6.07, 6.45) is 16.0. The molecule has 4 heteroatoms. The Labute approximate surface area is 185 Å². The molecule has 0 amide bonds. The summed E-state index contributed by atoms with van der Waals surface area (Å²) in [6.45, 7) is 13.9. The molecule has 0 aromatic heterocycles. The van der Waals surface area contributed by atoms with Crippen molar-refractivity contribution in [2.45, 2.75) is 112 Å². The predicted molar refractivity (Wildman–Crippen MR) is 135 cm³/mol. The van der Waals surface area contributed by atoms with Crippen molar-refractivity contribution in [2.75, 3.05) is 18.8 Å². The van der Waals surface area contributed by atoms with Crippen molar-refractivity contribution in [3.05, 3.63) is 0 Å². The van der Waals surface area contributed by atoms with Gasteiger partial charge in [0.05, 0.1) is 0 Å². The van der Waals surface area contributed by atoms with Crippen molar-refractivity contribution in [3.8, 4) is 0 Å². The molecular formula is C23H47NS3. The number of rotatable bonds is 18. The Morgan fingerprint density at radius 3 is 1.70 bits per heavy atom. The summed E-state index contributed by atoms with van der Waals surface area (Å²) in [7, 11) is 3.85. The van der Waals surface area contributed by atoms with E-state index in [-0.39, 0.29) is 0 Å². The molecule has 2 unspecified atom stereocenters. The van der Waals surface area contributed by atoms with Gasteiger partial charge in [-0.05, 0) is 41.9 Å². The van der Waals surface area contributed by atoms with Gasteiger partial charge in [-0.25, -0.2) is 0 Å². The second-order valence-electron chi connectivity index (χ2n) is 7.97. The van der Waals surface area contributed by atoms with Gasteiger partial charge in [0, 0.05) is 18.8 Å². The second-order valence-corrected chi connectivity index (χ2v) is 11.0. The highest BCUT2D eigenvalue weighted by molar-refractivity contribution is 8.83. The highest BCUT2D eigenvalue weighted by Crippen LogP contribution is 2.29. The van der Waals surface area contributed by atoms with Crippen molar-refractivity contribution >= 4 is 38.1 Å². The van der Waals surface area contributed by atoms with Crippen molar-refractivity contribution in [1.82, 2.24) is 4.90 Å². The van der Waals surface area contributed by atoms with E-state index in [2.05, 4.69) is 39.5 Å². The molecule has 0 rings (SSSR count). The normalized spacial score (nSPS) is 13.5. The van der Waals surface area contributed by atoms with Gasteiger partial charge in [0.15, 0.2) is 0 Å². The summed E-state index contributed by atoms with van der Waals surface area (Å²) < 4.78 is 1.14. The highest BCUT2D eigenvalue weighted by Gasteiger charge is 2.19. The zero-order valence-corrected chi connectivity index (χ0v) is 21.4. The van der Waals surface area contributed by atoms with Crippen LogP contribution in [-0.2, 0) is 0 Å². The van der Waals surface area contributed by atoms with Gasteiger partial charge in [-0.3, -0.25) is 0 Å². The van der Waals surface area contributed by atoms with Gasteiger partial charge in [0.2, 0.25) is 0 Å². The minimum atomic E-state index is 0.793. The highest BCUT2D eigenvalue weighted by atomic mass is 33.1. The van der Waals surface area contributed by atoms with E-state index in [4.69, 9.17) is 12.2 Å². The lowest BCUT2D eigenvalue weighted by molar-refractivity contribution is 0.269. The smallest absolute Gasteiger partial charge is 0.147 e. The molecule has 0 N–H and O–H groups in total. The molecule has 0 saturated carbocycles. The minimum Gasteiger partial charge on any atom is -0.356 e. The van der Waals surface area contributed by atoms with Crippen LogP contribution in [-0.4, -0.2) is 28.1 Å². The summed E-state index contributed by atoms with van der Waals surface area (Å²) in [5.41, 5.74) is 0. The Morgan fingerprint density at radius 1 is 0.741 bits per heavy atom. The minimum absolute atomic E-state index is 0.793. The Hall–Kier alpha value is 0.590. The van der Waals surface area contributed by atoms with Crippen LogP contribution in [0.15, 0.2) is 0 Å². The zero-order chi connectivity index (χ0) is 20.3. The van der Waals surface area contributed by atoms with E-state index < -0.39 is 0 Å². The molecule has 0 fully saturated rings. The van der Waals surface area contributed by atoms with E-state index in [0.717, 1.165) is 16.2 Å². The van der Waals surface area contributed by atoms with Crippen molar-refractivity contribution in [2.24, 2.45) is 11.8 Å². The first kappa shape index (κ1) is 27.6. The van der Waals surface area contributed by atoms with Crippen LogP contribution in [0, 0.1) is 11.8 Å². The second kappa shape index (κ2) is 19.9. The van der Waals surface area contributed by atoms with Crippen LogP contribution in [0.5, 0.6) is 0 Å². The maximum atomic E-state index is 5.90. The number of nitrogens with zero attached hydrogens (tertiary/aromatic N) is 1. The van der Waals surface area contributed by atoms with Gasteiger partial charge in [0.25, 0.3) is 0 Å². The van der Waals surface area contributed by atoms with Crippen LogP contribution in [0.1, 0.15) is 112 Å². The topological polar surface area (TPSA) is 3.24 Å². The number of thiocarbonyl (C=S) groups is 1. The quantitative estimate of drug-likeness (QED) is 0.120. The largest absolute Gasteiger partial charge is 0.356 e. The average molecular weight is 434 g/mol. The monoisotopic (exact) mass is 433 g/mol. The third-order valence-corrected chi connectivity index (χ3v) is 8.64. The standard InChI is InChI=1S/C23H47NS3/c1-6-11-14-15-18-26-27-23(25)24(19-21(9-4)16-12-7-2)20-22(10-5)17-13-8-3/h21-22H,6-20H2,1-5H3. The molecule has 0 aliphatic rings. The molecule has 0 aliphatic heterocycles. The third-order valence-electron chi connectivity index (χ3n) is 5.51. The van der Waals surface area contributed by atoms with Crippen molar-refractivity contribution in [3.63, 3.8) is 0 Å². The first-order valence-corrected chi connectivity index (χ1v) is 14.4. The molecule has 2 atom stereocenters. The van der Waals surface area contributed by atoms with Gasteiger partial charge in [-0.2, -0.15) is 0 Å². The molecule has 0 aliphatic carbocycles. The average Bonchev–Trinajstić information content (AvgIpc) is 2.69. The Morgan fingerprint density at radius 2 is 1.26 bits per heavy atom. The maximum absolute atomic E-state index is 5.90. The zero-order valence-electron chi connectivity index (χ0n) is 18.9. The molecule has 0 bridgehead atoms. The molecule has 0 heterocycles. The van der Waals surface area contributed by atoms with Crippen LogP contribution >= 0.6 is 33.8 Å². The molecule has 0 saturated heterocycles. The van der Waals surface area contributed by atoms with Crippen LogP contribution in [0.3, 0.4) is 0 Å². The van der Waals surface area contributed by atoms with Crippen molar-refractivity contribution < 1.29 is 0 Å². The van der Waals surface area contributed by atoms with Crippen LogP contribution in [0.25, 0.3) is 0 Å². The van der Waals surface area contributed by atoms with E-state index in [9.17, 15) is 0 Å². The molecule has 27 heavy (non-hydrogen) atoms. The summed E-state index contributed by atoms with van der Waals surface area (Å²) in [6, 6.07) is 0. The maximum Gasteiger partial charge on any atom is 0.147 e. The lowest BCUT2D eigenvalue weighted by Crippen LogP contribution is -2.36. The van der Waals surface area contributed by atoms with Crippen molar-refractivity contribution in [1.29, 1.82) is 0 Å². The number of hydrogen-bond acceptors (Lipinski definition) is 3. The molecule has 1 nitrogen and oxygen atoms in total. The third kappa shape index (κ3) is 15.1. The summed E-state index contributed by atoms with van der Waals surface area (Å²) >= 11 is 5.90. The van der Waals surface area contributed by atoms with Crippen LogP contribution in [0.4, 0.5) is 0 Å². The molecule has 0 aromatic carbocycles. The predicted octanol–water partition coefficient (Wildman–Crippen LogP) is 8.97. The van der Waals surface area contributed by atoms with Crippen LogP contribution in [0.2, 0.25) is 0 Å². The summed E-state index contributed by atoms with van der Waals surface area (Å²) in [4.78, 5) is 2.58. The van der Waals surface area contributed by atoms with E-state index in [0.29, 0.717) is 0 Å². The van der Waals surface area contributed by atoms with E-state index in [1.54, 1.807) is 0 Å². The Bertz CT molecular complexity index is 318. The fourth-order valence-corrected chi connectivity index (χ4v) is 5.98. The van der Waals surface area contributed by atoms with E-state index in [1.807, 2.05) is 21.6 Å². The van der Waals surface area contributed by atoms with Gasteiger partial charge in [-0.1, -0.05) is 115 Å². The first-order valence-electron chi connectivity index (χ1n) is 11.7. The fourth-order valence-electron chi connectivity index (χ4n) is 3.41. The summed E-state index contributed by atoms with van der Waals surface area (Å²) in [5.74, 6) is 2.82. The van der Waals surface area contributed by atoms with Gasteiger partial charge in [-0.15, -0.1) is 0 Å². The number of unbranched alkanes of at least 4 members (excludes halogenated alkanes) is 5. The Kier molecular flexibility index (Phi) is 20.3. The van der Waals surface area contributed by atoms with E-state index >= 15 is 0 Å². The van der Waals surface area contributed by atoms with Gasteiger partial charge >= 0.3 is 0 Å². The Balaban J connectivity index is 4.65. The first-order chi connectivity index (χ1) is 13.1. The molecule has 0 radical (unpaired) electrons.